The second kappa shape index (κ2) is 12.0. The molecule has 2 aromatic carbocycles. The smallest absolute Gasteiger partial charge is 0.326 e. The molecule has 1 amide bonds. The summed E-state index contributed by atoms with van der Waals surface area (Å²) in [7, 11) is 0. The number of nitrogens with one attached hydrogen (secondary N) is 2. The molecule has 198 valence electrons. The van der Waals surface area contributed by atoms with Crippen LogP contribution in [0.2, 0.25) is 0 Å². The summed E-state index contributed by atoms with van der Waals surface area (Å²) in [5.74, 6) is -0.264. The van der Waals surface area contributed by atoms with Gasteiger partial charge in [-0.2, -0.15) is 5.26 Å². The average molecular weight is 524 g/mol. The van der Waals surface area contributed by atoms with E-state index in [1.807, 2.05) is 44.2 Å². The molecule has 2 heterocycles. The number of hydrogen-bond donors (Lipinski definition) is 3. The molecule has 39 heavy (non-hydrogen) atoms. The summed E-state index contributed by atoms with van der Waals surface area (Å²) < 4.78 is 5.49. The van der Waals surface area contributed by atoms with Gasteiger partial charge in [0.15, 0.2) is 5.76 Å². The molecule has 4 aromatic rings. The van der Waals surface area contributed by atoms with Crippen LogP contribution in [0.15, 0.2) is 65.3 Å². The van der Waals surface area contributed by atoms with E-state index in [-0.39, 0.29) is 6.42 Å². The maximum absolute atomic E-state index is 13.1. The number of aliphatic carboxylic acids is 1. The molecule has 2 aromatic heterocycles. The van der Waals surface area contributed by atoms with E-state index in [4.69, 9.17) is 4.52 Å². The molecular weight excluding hydrogens is 494 g/mol. The van der Waals surface area contributed by atoms with Gasteiger partial charge in [-0.25, -0.2) is 9.78 Å². The van der Waals surface area contributed by atoms with Gasteiger partial charge in [0, 0.05) is 29.8 Å². The van der Waals surface area contributed by atoms with Crippen LogP contribution in [0.5, 0.6) is 0 Å². The van der Waals surface area contributed by atoms with Gasteiger partial charge in [-0.15, -0.1) is 0 Å². The van der Waals surface area contributed by atoms with E-state index in [1.54, 1.807) is 37.4 Å². The maximum Gasteiger partial charge on any atom is 0.326 e. The van der Waals surface area contributed by atoms with Crippen molar-refractivity contribution in [2.45, 2.75) is 46.2 Å². The van der Waals surface area contributed by atoms with Crippen molar-refractivity contribution >= 4 is 17.7 Å². The van der Waals surface area contributed by atoms with Crippen LogP contribution in [0.25, 0.3) is 11.3 Å². The van der Waals surface area contributed by atoms with E-state index in [2.05, 4.69) is 26.8 Å². The van der Waals surface area contributed by atoms with E-state index in [1.165, 1.54) is 0 Å². The number of aromatic nitrogens is 2. The highest BCUT2D eigenvalue weighted by atomic mass is 16.5. The molecule has 3 N–H and O–H groups in total. The predicted octanol–water partition coefficient (Wildman–Crippen LogP) is 4.83. The second-order valence-corrected chi connectivity index (χ2v) is 9.31. The van der Waals surface area contributed by atoms with Crippen molar-refractivity contribution in [2.75, 3.05) is 5.32 Å². The highest BCUT2D eigenvalue weighted by molar-refractivity contribution is 5.99. The van der Waals surface area contributed by atoms with E-state index >= 15 is 0 Å². The van der Waals surface area contributed by atoms with Crippen LogP contribution in [0.4, 0.5) is 5.82 Å². The van der Waals surface area contributed by atoms with Gasteiger partial charge in [0.25, 0.3) is 5.91 Å². The number of pyridine rings is 1. The summed E-state index contributed by atoms with van der Waals surface area (Å²) >= 11 is 0. The molecule has 0 aliphatic rings. The van der Waals surface area contributed by atoms with E-state index in [0.717, 1.165) is 28.2 Å². The van der Waals surface area contributed by atoms with Crippen molar-refractivity contribution in [3.05, 3.63) is 99.9 Å². The third-order valence-corrected chi connectivity index (χ3v) is 6.36. The summed E-state index contributed by atoms with van der Waals surface area (Å²) in [6.07, 6.45) is 2.39. The molecule has 0 radical (unpaired) electrons. The number of amides is 1. The zero-order valence-electron chi connectivity index (χ0n) is 22.0. The first-order valence-corrected chi connectivity index (χ1v) is 12.6. The lowest BCUT2D eigenvalue weighted by Gasteiger charge is -2.18. The molecule has 1 unspecified atom stereocenters. The minimum absolute atomic E-state index is 0.104. The Morgan fingerprint density at radius 1 is 1.10 bits per heavy atom. The fourth-order valence-electron chi connectivity index (χ4n) is 4.34. The third kappa shape index (κ3) is 6.67. The van der Waals surface area contributed by atoms with Crippen LogP contribution in [-0.4, -0.2) is 33.2 Å². The fourth-order valence-corrected chi connectivity index (χ4v) is 4.34. The Morgan fingerprint density at radius 3 is 2.54 bits per heavy atom. The Balaban J connectivity index is 1.42. The van der Waals surface area contributed by atoms with Gasteiger partial charge in [-0.1, -0.05) is 36.3 Å². The van der Waals surface area contributed by atoms with Crippen LogP contribution in [0.3, 0.4) is 0 Å². The third-order valence-electron chi connectivity index (χ3n) is 6.36. The molecule has 9 heteroatoms. The second-order valence-electron chi connectivity index (χ2n) is 9.31. The fraction of sp³-hybridized carbons (Fsp3) is 0.233. The quantitative estimate of drug-likeness (QED) is 0.269. The molecule has 0 spiro atoms. The maximum atomic E-state index is 13.1. The molecule has 0 aliphatic heterocycles. The zero-order chi connectivity index (χ0) is 27.9. The number of benzene rings is 2. The van der Waals surface area contributed by atoms with Crippen molar-refractivity contribution < 1.29 is 19.2 Å². The molecule has 9 nitrogen and oxygen atoms in total. The Kier molecular flexibility index (Phi) is 8.37. The van der Waals surface area contributed by atoms with E-state index in [9.17, 15) is 20.0 Å². The van der Waals surface area contributed by atoms with Gasteiger partial charge in [0.05, 0.1) is 18.2 Å². The van der Waals surface area contributed by atoms with Gasteiger partial charge in [0.2, 0.25) is 0 Å². The van der Waals surface area contributed by atoms with Gasteiger partial charge in [0.1, 0.15) is 17.6 Å². The monoisotopic (exact) mass is 523 g/mol. The molecule has 0 bridgehead atoms. The van der Waals surface area contributed by atoms with Gasteiger partial charge in [-0.3, -0.25) is 4.79 Å². The van der Waals surface area contributed by atoms with Crippen LogP contribution in [0.1, 0.15) is 50.8 Å². The number of carboxylic acid groups (broad SMARTS) is 1. The minimum Gasteiger partial charge on any atom is -0.480 e. The van der Waals surface area contributed by atoms with Crippen LogP contribution < -0.4 is 10.6 Å². The summed E-state index contributed by atoms with van der Waals surface area (Å²) in [6, 6.07) is 17.2. The molecule has 4 rings (SSSR count). The van der Waals surface area contributed by atoms with Crippen molar-refractivity contribution in [1.82, 2.24) is 15.5 Å². The standard InChI is InChI=1S/C30H29N5O4/c1-4-22-13-21(16-31)12-19(3)28(22)29(36)34-25(30(37)38)14-20-5-7-23(8-6-20)26-15-24(35-39-26)17-33-27-11-18(2)9-10-32-27/h5-13,15,25H,4,14,17H2,1-3H3,(H,32,33)(H,34,36)(H,37,38). The van der Waals surface area contributed by atoms with E-state index < -0.39 is 17.9 Å². The minimum atomic E-state index is -1.13. The Morgan fingerprint density at radius 2 is 1.87 bits per heavy atom. The largest absolute Gasteiger partial charge is 0.480 e. The van der Waals surface area contributed by atoms with Crippen molar-refractivity contribution in [1.29, 1.82) is 5.26 Å². The summed E-state index contributed by atoms with van der Waals surface area (Å²) in [5, 5.41) is 29.0. The molecule has 0 saturated heterocycles. The predicted molar refractivity (Wildman–Crippen MR) is 146 cm³/mol. The van der Waals surface area contributed by atoms with Crippen LogP contribution >= 0.6 is 0 Å². The number of carboxylic acids is 1. The molecule has 0 saturated carbocycles. The number of aryl methyl sites for hydroxylation is 3. The molecular formula is C30H29N5O4. The Hall–Kier alpha value is -4.97. The summed E-state index contributed by atoms with van der Waals surface area (Å²) in [4.78, 5) is 29.3. The van der Waals surface area contributed by atoms with Gasteiger partial charge < -0.3 is 20.3 Å². The normalized spacial score (nSPS) is 11.4. The SMILES string of the molecule is CCc1cc(C#N)cc(C)c1C(=O)NC(Cc1ccc(-c2cc(CNc3cc(C)ccn3)no2)cc1)C(=O)O. The number of hydrogen-bond acceptors (Lipinski definition) is 7. The summed E-state index contributed by atoms with van der Waals surface area (Å²) in [6.45, 7) is 6.08. The number of carbonyl (C=O) groups is 2. The first-order chi connectivity index (χ1) is 18.8. The van der Waals surface area contributed by atoms with Gasteiger partial charge in [-0.05, 0) is 66.8 Å². The number of rotatable bonds is 10. The van der Waals surface area contributed by atoms with Crippen molar-refractivity contribution in [3.63, 3.8) is 0 Å². The summed E-state index contributed by atoms with van der Waals surface area (Å²) in [5.41, 5.74) is 5.57. The van der Waals surface area contributed by atoms with E-state index in [0.29, 0.717) is 41.0 Å². The van der Waals surface area contributed by atoms with Crippen LogP contribution in [-0.2, 0) is 24.2 Å². The lowest BCUT2D eigenvalue weighted by atomic mass is 9.95. The average Bonchev–Trinajstić information content (AvgIpc) is 3.40. The Labute approximate surface area is 226 Å². The van der Waals surface area contributed by atoms with Crippen LogP contribution in [0, 0.1) is 25.2 Å². The van der Waals surface area contributed by atoms with Crippen molar-refractivity contribution in [2.24, 2.45) is 0 Å². The first kappa shape index (κ1) is 27.1. The molecule has 0 fully saturated rings. The number of nitrogens with zero attached hydrogens (tertiary/aromatic N) is 3. The lowest BCUT2D eigenvalue weighted by Crippen LogP contribution is -2.42. The highest BCUT2D eigenvalue weighted by Gasteiger charge is 2.24. The van der Waals surface area contributed by atoms with Gasteiger partial charge >= 0.3 is 5.97 Å². The zero-order valence-corrected chi connectivity index (χ0v) is 22.0. The molecule has 1 atom stereocenters. The number of nitriles is 1. The number of anilines is 1. The first-order valence-electron chi connectivity index (χ1n) is 12.6. The number of carbonyl (C=O) groups excluding carboxylic acids is 1. The lowest BCUT2D eigenvalue weighted by molar-refractivity contribution is -0.139. The topological polar surface area (TPSA) is 141 Å². The Bertz CT molecular complexity index is 1540. The highest BCUT2D eigenvalue weighted by Crippen LogP contribution is 2.23. The van der Waals surface area contributed by atoms with Crippen molar-refractivity contribution in [3.8, 4) is 17.4 Å². The molecule has 0 aliphatic carbocycles.